The first kappa shape index (κ1) is 16.5. The number of aliphatic hydroxyl groups is 1. The van der Waals surface area contributed by atoms with Crippen LogP contribution in [0.15, 0.2) is 30.3 Å². The molecule has 1 aromatic carbocycles. The van der Waals surface area contributed by atoms with E-state index in [0.717, 1.165) is 31.8 Å². The van der Waals surface area contributed by atoms with Crippen molar-refractivity contribution in [3.8, 4) is 0 Å². The first-order chi connectivity index (χ1) is 10.2. The van der Waals surface area contributed by atoms with Crippen LogP contribution >= 0.6 is 0 Å². The van der Waals surface area contributed by atoms with Gasteiger partial charge in [0.05, 0.1) is 12.1 Å². The number of likely N-dealkylation sites (tertiary alicyclic amines) is 1. The third-order valence-corrected chi connectivity index (χ3v) is 4.67. The maximum absolute atomic E-state index is 10.1. The lowest BCUT2D eigenvalue weighted by molar-refractivity contribution is 0.136. The van der Waals surface area contributed by atoms with Crippen LogP contribution in [0.25, 0.3) is 0 Å². The van der Waals surface area contributed by atoms with Crippen LogP contribution in [0.5, 0.6) is 0 Å². The predicted octanol–water partition coefficient (Wildman–Crippen LogP) is 2.61. The molecule has 118 valence electrons. The highest BCUT2D eigenvalue weighted by Gasteiger charge is 2.32. The fourth-order valence-electron chi connectivity index (χ4n) is 3.26. The molecule has 2 unspecified atom stereocenters. The van der Waals surface area contributed by atoms with Gasteiger partial charge in [0.25, 0.3) is 0 Å². The summed E-state index contributed by atoms with van der Waals surface area (Å²) in [5.74, 6) is 0.814. The molecule has 0 spiro atoms. The minimum atomic E-state index is -0.302. The number of hydrogen-bond donors (Lipinski definition) is 2. The van der Waals surface area contributed by atoms with Crippen LogP contribution in [-0.4, -0.2) is 42.8 Å². The summed E-state index contributed by atoms with van der Waals surface area (Å²) in [6.07, 6.45) is 3.34. The van der Waals surface area contributed by atoms with E-state index in [-0.39, 0.29) is 12.1 Å². The van der Waals surface area contributed by atoms with Crippen molar-refractivity contribution in [2.75, 3.05) is 32.8 Å². The highest BCUT2D eigenvalue weighted by atomic mass is 16.3. The average molecular weight is 290 g/mol. The third kappa shape index (κ3) is 4.29. The van der Waals surface area contributed by atoms with Gasteiger partial charge in [0.1, 0.15) is 0 Å². The van der Waals surface area contributed by atoms with Crippen LogP contribution < -0.4 is 5.32 Å². The molecule has 1 aliphatic heterocycles. The molecule has 0 amide bonds. The first-order valence-corrected chi connectivity index (χ1v) is 8.34. The number of hydrogen-bond acceptors (Lipinski definition) is 3. The smallest absolute Gasteiger partial charge is 0.0681 e. The second kappa shape index (κ2) is 7.92. The van der Waals surface area contributed by atoms with E-state index in [0.29, 0.717) is 0 Å². The van der Waals surface area contributed by atoms with E-state index in [1.165, 1.54) is 25.1 Å². The van der Waals surface area contributed by atoms with Crippen LogP contribution in [0.3, 0.4) is 0 Å². The summed E-state index contributed by atoms with van der Waals surface area (Å²) in [6.45, 7) is 9.03. The Hall–Kier alpha value is -0.900. The Morgan fingerprint density at radius 2 is 2.10 bits per heavy atom. The molecule has 2 N–H and O–H groups in total. The number of aliphatic hydroxyl groups excluding tert-OH is 1. The molecule has 3 heteroatoms. The second-order valence-electron chi connectivity index (χ2n) is 6.48. The van der Waals surface area contributed by atoms with Crippen molar-refractivity contribution in [3.05, 3.63) is 35.9 Å². The normalized spacial score (nSPS) is 22.3. The summed E-state index contributed by atoms with van der Waals surface area (Å²) < 4.78 is 0. The first-order valence-electron chi connectivity index (χ1n) is 8.34. The van der Waals surface area contributed by atoms with Gasteiger partial charge in [0, 0.05) is 13.1 Å². The summed E-state index contributed by atoms with van der Waals surface area (Å²) in [5.41, 5.74) is 0.900. The maximum atomic E-state index is 10.1. The van der Waals surface area contributed by atoms with Crippen LogP contribution in [0, 0.1) is 5.92 Å². The minimum absolute atomic E-state index is 0.153. The molecule has 1 aromatic rings. The fourth-order valence-corrected chi connectivity index (χ4v) is 3.26. The summed E-state index contributed by atoms with van der Waals surface area (Å²) in [7, 11) is 0. The van der Waals surface area contributed by atoms with E-state index in [9.17, 15) is 5.11 Å². The van der Waals surface area contributed by atoms with Crippen molar-refractivity contribution in [2.24, 2.45) is 5.92 Å². The van der Waals surface area contributed by atoms with E-state index in [4.69, 9.17) is 0 Å². The highest BCUT2D eigenvalue weighted by Crippen LogP contribution is 2.26. The standard InChI is InChI=1S/C18H30N2O/c1-3-11-19-18(15-21,17-7-5-4-6-8-17)10-13-20-12-9-16(2)14-20/h4-8,16,19,21H,3,9-15H2,1-2H3. The molecule has 0 aliphatic carbocycles. The van der Waals surface area contributed by atoms with Gasteiger partial charge in [-0.05, 0) is 43.8 Å². The Kier molecular flexibility index (Phi) is 6.22. The van der Waals surface area contributed by atoms with E-state index in [1.807, 2.05) is 6.07 Å². The Labute approximate surface area is 129 Å². The Balaban J connectivity index is 2.07. The van der Waals surface area contributed by atoms with Crippen LogP contribution in [-0.2, 0) is 5.54 Å². The van der Waals surface area contributed by atoms with Crippen molar-refractivity contribution in [1.29, 1.82) is 0 Å². The van der Waals surface area contributed by atoms with Gasteiger partial charge < -0.3 is 15.3 Å². The van der Waals surface area contributed by atoms with Gasteiger partial charge in [-0.3, -0.25) is 0 Å². The summed E-state index contributed by atoms with van der Waals surface area (Å²) in [5, 5.41) is 13.7. The fraction of sp³-hybridized carbons (Fsp3) is 0.667. The average Bonchev–Trinajstić information content (AvgIpc) is 2.95. The molecule has 0 aromatic heterocycles. The van der Waals surface area contributed by atoms with Crippen molar-refractivity contribution >= 4 is 0 Å². The molecule has 2 rings (SSSR count). The number of nitrogens with zero attached hydrogens (tertiary/aromatic N) is 1. The molecule has 3 nitrogen and oxygen atoms in total. The highest BCUT2D eigenvalue weighted by molar-refractivity contribution is 5.25. The molecule has 1 saturated heterocycles. The van der Waals surface area contributed by atoms with E-state index in [1.54, 1.807) is 0 Å². The van der Waals surface area contributed by atoms with Crippen LogP contribution in [0.1, 0.15) is 38.7 Å². The van der Waals surface area contributed by atoms with E-state index in [2.05, 4.69) is 48.3 Å². The quantitative estimate of drug-likeness (QED) is 0.772. The third-order valence-electron chi connectivity index (χ3n) is 4.67. The second-order valence-corrected chi connectivity index (χ2v) is 6.48. The molecule has 21 heavy (non-hydrogen) atoms. The molecule has 0 bridgehead atoms. The van der Waals surface area contributed by atoms with E-state index < -0.39 is 0 Å². The van der Waals surface area contributed by atoms with Gasteiger partial charge in [-0.15, -0.1) is 0 Å². The van der Waals surface area contributed by atoms with Gasteiger partial charge in [-0.25, -0.2) is 0 Å². The van der Waals surface area contributed by atoms with Gasteiger partial charge in [0.15, 0.2) is 0 Å². The summed E-state index contributed by atoms with van der Waals surface area (Å²) in [4.78, 5) is 2.53. The lowest BCUT2D eigenvalue weighted by atomic mass is 9.87. The zero-order valence-corrected chi connectivity index (χ0v) is 13.5. The molecule has 2 atom stereocenters. The number of benzene rings is 1. The minimum Gasteiger partial charge on any atom is -0.394 e. The maximum Gasteiger partial charge on any atom is 0.0681 e. The monoisotopic (exact) mass is 290 g/mol. The molecule has 1 aliphatic rings. The van der Waals surface area contributed by atoms with Crippen molar-refractivity contribution < 1.29 is 5.11 Å². The molecular formula is C18H30N2O. The molecular weight excluding hydrogens is 260 g/mol. The largest absolute Gasteiger partial charge is 0.394 e. The summed E-state index contributed by atoms with van der Waals surface area (Å²) in [6, 6.07) is 10.4. The zero-order chi connectivity index (χ0) is 15.1. The van der Waals surface area contributed by atoms with Gasteiger partial charge >= 0.3 is 0 Å². The van der Waals surface area contributed by atoms with Crippen molar-refractivity contribution in [1.82, 2.24) is 10.2 Å². The van der Waals surface area contributed by atoms with E-state index >= 15 is 0 Å². The Bertz CT molecular complexity index is 409. The van der Waals surface area contributed by atoms with Gasteiger partial charge in [-0.2, -0.15) is 0 Å². The summed E-state index contributed by atoms with van der Waals surface area (Å²) >= 11 is 0. The number of rotatable bonds is 8. The molecule has 0 radical (unpaired) electrons. The topological polar surface area (TPSA) is 35.5 Å². The van der Waals surface area contributed by atoms with Crippen LogP contribution in [0.2, 0.25) is 0 Å². The number of nitrogens with one attached hydrogen (secondary N) is 1. The SMILES string of the molecule is CCCNC(CO)(CCN1CCC(C)C1)c1ccccc1. The molecule has 1 heterocycles. The molecule has 0 saturated carbocycles. The van der Waals surface area contributed by atoms with Crippen molar-refractivity contribution in [2.45, 2.75) is 38.6 Å². The molecule has 1 fully saturated rings. The van der Waals surface area contributed by atoms with Crippen molar-refractivity contribution in [3.63, 3.8) is 0 Å². The Morgan fingerprint density at radius 1 is 1.33 bits per heavy atom. The van der Waals surface area contributed by atoms with Crippen LogP contribution in [0.4, 0.5) is 0 Å². The lowest BCUT2D eigenvalue weighted by Crippen LogP contribution is -2.48. The van der Waals surface area contributed by atoms with Gasteiger partial charge in [0.2, 0.25) is 0 Å². The van der Waals surface area contributed by atoms with Gasteiger partial charge in [-0.1, -0.05) is 44.2 Å². The zero-order valence-electron chi connectivity index (χ0n) is 13.5. The Morgan fingerprint density at radius 3 is 2.67 bits per heavy atom. The lowest BCUT2D eigenvalue weighted by Gasteiger charge is -2.35. The predicted molar refractivity (Wildman–Crippen MR) is 88.3 cm³/mol.